The average molecular weight is 244 g/mol. The van der Waals surface area contributed by atoms with Gasteiger partial charge in [-0.3, -0.25) is 5.41 Å². The molecule has 2 heterocycles. The van der Waals surface area contributed by atoms with Crippen LogP contribution in [-0.4, -0.2) is 25.6 Å². The Hall–Kier alpha value is -2.24. The third-order valence-electron chi connectivity index (χ3n) is 2.90. The van der Waals surface area contributed by atoms with Crippen LogP contribution < -0.4 is 5.73 Å². The van der Waals surface area contributed by atoms with E-state index in [-0.39, 0.29) is 5.84 Å². The molecule has 2 aromatic rings. The summed E-state index contributed by atoms with van der Waals surface area (Å²) in [5.41, 5.74) is 9.03. The van der Waals surface area contributed by atoms with Crippen LogP contribution in [0.15, 0.2) is 12.3 Å². The summed E-state index contributed by atoms with van der Waals surface area (Å²) in [7, 11) is 0. The molecule has 0 fully saturated rings. The third kappa shape index (κ3) is 1.97. The molecule has 0 aliphatic rings. The minimum absolute atomic E-state index is 0.0732. The van der Waals surface area contributed by atoms with Crippen molar-refractivity contribution >= 4 is 5.84 Å². The molecule has 0 atom stereocenters. The third-order valence-corrected chi connectivity index (χ3v) is 2.90. The smallest absolute Gasteiger partial charge is 0.251 e. The van der Waals surface area contributed by atoms with Crippen LogP contribution in [0, 0.1) is 19.3 Å². The van der Waals surface area contributed by atoms with Gasteiger partial charge in [-0.25, -0.2) is 14.6 Å². The van der Waals surface area contributed by atoms with Crippen LogP contribution in [0.5, 0.6) is 0 Å². The fraction of sp³-hybridized carbons (Fsp3) is 0.333. The van der Waals surface area contributed by atoms with Crippen molar-refractivity contribution in [1.82, 2.24) is 19.7 Å². The van der Waals surface area contributed by atoms with Crippen molar-refractivity contribution in [3.8, 4) is 5.95 Å². The maximum absolute atomic E-state index is 7.39. The highest BCUT2D eigenvalue weighted by Crippen LogP contribution is 2.16. The standard InChI is InChI=1S/C12H16N6/c1-4-9-7(2)17-18(8(9)3)12-15-6-5-10(16-12)11(13)14/h5-6H,4H2,1-3H3,(H3,13,14). The monoisotopic (exact) mass is 244 g/mol. The fourth-order valence-electron chi connectivity index (χ4n) is 1.98. The van der Waals surface area contributed by atoms with E-state index in [1.807, 2.05) is 13.8 Å². The second-order valence-corrected chi connectivity index (χ2v) is 4.07. The minimum Gasteiger partial charge on any atom is -0.382 e. The van der Waals surface area contributed by atoms with Crippen LogP contribution in [-0.2, 0) is 6.42 Å². The maximum Gasteiger partial charge on any atom is 0.251 e. The van der Waals surface area contributed by atoms with Gasteiger partial charge >= 0.3 is 0 Å². The van der Waals surface area contributed by atoms with Crippen molar-refractivity contribution < 1.29 is 0 Å². The lowest BCUT2D eigenvalue weighted by Gasteiger charge is -2.04. The molecule has 0 saturated heterocycles. The van der Waals surface area contributed by atoms with E-state index in [0.717, 1.165) is 17.8 Å². The topological polar surface area (TPSA) is 93.5 Å². The summed E-state index contributed by atoms with van der Waals surface area (Å²) in [6.07, 6.45) is 2.51. The molecule has 3 N–H and O–H groups in total. The quantitative estimate of drug-likeness (QED) is 0.625. The van der Waals surface area contributed by atoms with Crippen molar-refractivity contribution in [3.63, 3.8) is 0 Å². The van der Waals surface area contributed by atoms with Gasteiger partial charge in [0.15, 0.2) is 0 Å². The van der Waals surface area contributed by atoms with Gasteiger partial charge in [0, 0.05) is 11.9 Å². The predicted octanol–water partition coefficient (Wildman–Crippen LogP) is 1.13. The molecule has 2 aromatic heterocycles. The zero-order valence-corrected chi connectivity index (χ0v) is 10.7. The molecule has 2 rings (SSSR count). The highest BCUT2D eigenvalue weighted by Gasteiger charge is 2.13. The van der Waals surface area contributed by atoms with Gasteiger partial charge in [0.1, 0.15) is 11.5 Å². The maximum atomic E-state index is 7.39. The molecule has 0 radical (unpaired) electrons. The van der Waals surface area contributed by atoms with Gasteiger partial charge in [-0.1, -0.05) is 6.92 Å². The lowest BCUT2D eigenvalue weighted by Crippen LogP contribution is -2.15. The number of nitrogens with zero attached hydrogens (tertiary/aromatic N) is 4. The highest BCUT2D eigenvalue weighted by molar-refractivity contribution is 5.92. The summed E-state index contributed by atoms with van der Waals surface area (Å²) >= 11 is 0. The predicted molar refractivity (Wildman–Crippen MR) is 69.0 cm³/mol. The van der Waals surface area contributed by atoms with E-state index < -0.39 is 0 Å². The molecule has 0 amide bonds. The van der Waals surface area contributed by atoms with Gasteiger partial charge in [0.05, 0.1) is 5.69 Å². The average Bonchev–Trinajstić information content (AvgIpc) is 2.64. The summed E-state index contributed by atoms with van der Waals surface area (Å²) in [4.78, 5) is 8.41. The van der Waals surface area contributed by atoms with Crippen LogP contribution >= 0.6 is 0 Å². The Morgan fingerprint density at radius 1 is 1.44 bits per heavy atom. The van der Waals surface area contributed by atoms with Gasteiger partial charge in [-0.05, 0) is 31.9 Å². The van der Waals surface area contributed by atoms with Gasteiger partial charge in [0.2, 0.25) is 0 Å². The molecule has 6 heteroatoms. The second-order valence-electron chi connectivity index (χ2n) is 4.07. The van der Waals surface area contributed by atoms with Gasteiger partial charge < -0.3 is 5.73 Å². The largest absolute Gasteiger partial charge is 0.382 e. The lowest BCUT2D eigenvalue weighted by atomic mass is 10.1. The van der Waals surface area contributed by atoms with Crippen molar-refractivity contribution in [2.75, 3.05) is 0 Å². The molecule has 0 aromatic carbocycles. The summed E-state index contributed by atoms with van der Waals surface area (Å²) < 4.78 is 1.70. The Labute approximate surface area is 105 Å². The van der Waals surface area contributed by atoms with E-state index in [9.17, 15) is 0 Å². The van der Waals surface area contributed by atoms with Crippen LogP contribution in [0.25, 0.3) is 5.95 Å². The number of aromatic nitrogens is 4. The van der Waals surface area contributed by atoms with Crippen molar-refractivity contribution in [1.29, 1.82) is 5.41 Å². The fourth-order valence-corrected chi connectivity index (χ4v) is 1.98. The first-order chi connectivity index (χ1) is 8.54. The van der Waals surface area contributed by atoms with Gasteiger partial charge in [-0.15, -0.1) is 0 Å². The SMILES string of the molecule is CCc1c(C)nn(-c2nccc(C(=N)N)n2)c1C. The molecule has 94 valence electrons. The first-order valence-corrected chi connectivity index (χ1v) is 5.77. The lowest BCUT2D eigenvalue weighted by molar-refractivity contribution is 0.771. The summed E-state index contributed by atoms with van der Waals surface area (Å²) in [6, 6.07) is 1.61. The van der Waals surface area contributed by atoms with E-state index >= 15 is 0 Å². The van der Waals surface area contributed by atoms with Crippen molar-refractivity contribution in [3.05, 3.63) is 34.9 Å². The van der Waals surface area contributed by atoms with Crippen molar-refractivity contribution in [2.45, 2.75) is 27.2 Å². The van der Waals surface area contributed by atoms with Crippen molar-refractivity contribution in [2.24, 2.45) is 5.73 Å². The summed E-state index contributed by atoms with van der Waals surface area (Å²) in [6.45, 7) is 6.05. The number of nitrogen functional groups attached to an aromatic ring is 1. The number of amidine groups is 1. The van der Waals surface area contributed by atoms with E-state index in [4.69, 9.17) is 11.1 Å². The molecule has 18 heavy (non-hydrogen) atoms. The highest BCUT2D eigenvalue weighted by atomic mass is 15.4. The molecular formula is C12H16N6. The van der Waals surface area contributed by atoms with Crippen LogP contribution in [0.4, 0.5) is 0 Å². The van der Waals surface area contributed by atoms with E-state index in [1.165, 1.54) is 5.56 Å². The Morgan fingerprint density at radius 3 is 2.72 bits per heavy atom. The molecule has 0 bridgehead atoms. The Bertz CT molecular complexity index is 599. The van der Waals surface area contributed by atoms with Crippen LogP contribution in [0.2, 0.25) is 0 Å². The molecule has 0 saturated carbocycles. The number of nitrogens with one attached hydrogen (secondary N) is 1. The normalized spacial score (nSPS) is 10.6. The Morgan fingerprint density at radius 2 is 2.17 bits per heavy atom. The molecule has 6 nitrogen and oxygen atoms in total. The van der Waals surface area contributed by atoms with E-state index in [2.05, 4.69) is 22.0 Å². The number of rotatable bonds is 3. The second kappa shape index (κ2) is 4.56. The first kappa shape index (κ1) is 12.2. The number of nitrogens with two attached hydrogens (primary N) is 1. The number of hydrogen-bond donors (Lipinski definition) is 2. The Balaban J connectivity index is 2.55. The number of aryl methyl sites for hydroxylation is 1. The number of hydrogen-bond acceptors (Lipinski definition) is 4. The van der Waals surface area contributed by atoms with Gasteiger partial charge in [-0.2, -0.15) is 5.10 Å². The first-order valence-electron chi connectivity index (χ1n) is 5.77. The molecule has 0 aliphatic heterocycles. The zero-order valence-electron chi connectivity index (χ0n) is 10.7. The molecule has 0 spiro atoms. The zero-order chi connectivity index (χ0) is 13.3. The minimum atomic E-state index is -0.0732. The summed E-state index contributed by atoms with van der Waals surface area (Å²) in [5, 5.41) is 11.8. The molecule has 0 unspecified atom stereocenters. The van der Waals surface area contributed by atoms with E-state index in [0.29, 0.717) is 11.6 Å². The van der Waals surface area contributed by atoms with Crippen LogP contribution in [0.3, 0.4) is 0 Å². The van der Waals surface area contributed by atoms with Crippen LogP contribution in [0.1, 0.15) is 29.6 Å². The Kier molecular flexibility index (Phi) is 3.10. The molecule has 0 aliphatic carbocycles. The van der Waals surface area contributed by atoms with E-state index in [1.54, 1.807) is 16.9 Å². The summed E-state index contributed by atoms with van der Waals surface area (Å²) in [5.74, 6) is 0.374. The molecular weight excluding hydrogens is 228 g/mol. The van der Waals surface area contributed by atoms with Gasteiger partial charge in [0.25, 0.3) is 5.95 Å².